The molecule has 0 aromatic heterocycles. The molecule has 0 amide bonds. The van der Waals surface area contributed by atoms with E-state index in [1.54, 1.807) is 0 Å². The van der Waals surface area contributed by atoms with E-state index < -0.39 is 0 Å². The van der Waals surface area contributed by atoms with Crippen LogP contribution in [0.15, 0.2) is 0 Å². The van der Waals surface area contributed by atoms with Crippen molar-refractivity contribution in [1.82, 2.24) is 0 Å². The van der Waals surface area contributed by atoms with Gasteiger partial charge in [-0.1, -0.05) is 32.6 Å². The summed E-state index contributed by atoms with van der Waals surface area (Å²) in [4.78, 5) is 0. The Bertz CT molecular complexity index is 117. The molecule has 1 saturated heterocycles. The van der Waals surface area contributed by atoms with E-state index >= 15 is 0 Å². The molecule has 0 aliphatic carbocycles. The SMILES string of the molecule is CCC(CO)CCCCCC1CO1. The normalized spacial score (nSPS) is 23.1. The van der Waals surface area contributed by atoms with Gasteiger partial charge in [-0.15, -0.1) is 0 Å². The second-order valence-electron chi connectivity index (χ2n) is 4.05. The topological polar surface area (TPSA) is 32.8 Å². The number of aliphatic hydroxyl groups excluding tert-OH is 1. The fraction of sp³-hybridized carbons (Fsp3) is 1.00. The lowest BCUT2D eigenvalue weighted by molar-refractivity contribution is 0.211. The summed E-state index contributed by atoms with van der Waals surface area (Å²) in [6, 6.07) is 0. The highest BCUT2D eigenvalue weighted by atomic mass is 16.6. The highest BCUT2D eigenvalue weighted by Gasteiger charge is 2.20. The maximum Gasteiger partial charge on any atom is 0.0810 e. The second-order valence-corrected chi connectivity index (χ2v) is 4.05. The fourth-order valence-electron chi connectivity index (χ4n) is 1.64. The second kappa shape index (κ2) is 6.39. The Hall–Kier alpha value is -0.0800. The van der Waals surface area contributed by atoms with Crippen molar-refractivity contribution in [3.8, 4) is 0 Å². The first-order chi connectivity index (χ1) is 6.36. The Balaban J connectivity index is 1.81. The highest BCUT2D eigenvalue weighted by molar-refractivity contribution is 4.68. The molecule has 2 atom stereocenters. The molecule has 0 saturated carbocycles. The van der Waals surface area contributed by atoms with Crippen molar-refractivity contribution in [2.75, 3.05) is 13.2 Å². The van der Waals surface area contributed by atoms with Crippen molar-refractivity contribution in [1.29, 1.82) is 0 Å². The first-order valence-electron chi connectivity index (χ1n) is 5.59. The molecule has 0 radical (unpaired) electrons. The lowest BCUT2D eigenvalue weighted by atomic mass is 9.99. The minimum atomic E-state index is 0.363. The van der Waals surface area contributed by atoms with Crippen LogP contribution in [0, 0.1) is 5.92 Å². The van der Waals surface area contributed by atoms with Gasteiger partial charge in [-0.05, 0) is 18.8 Å². The molecule has 13 heavy (non-hydrogen) atoms. The molecule has 1 aliphatic rings. The van der Waals surface area contributed by atoms with E-state index in [0.29, 0.717) is 18.6 Å². The van der Waals surface area contributed by atoms with Gasteiger partial charge in [0.1, 0.15) is 0 Å². The standard InChI is InChI=1S/C11H22O2/c1-2-10(8-12)6-4-3-5-7-11-9-13-11/h10-12H,2-9H2,1H3. The van der Waals surface area contributed by atoms with Crippen molar-refractivity contribution in [2.45, 2.75) is 51.6 Å². The molecule has 0 aromatic carbocycles. The number of unbranched alkanes of at least 4 members (excludes halogenated alkanes) is 2. The smallest absolute Gasteiger partial charge is 0.0810 e. The lowest BCUT2D eigenvalue weighted by Crippen LogP contribution is -2.03. The van der Waals surface area contributed by atoms with Crippen LogP contribution in [0.2, 0.25) is 0 Å². The average Bonchev–Trinajstić information content (AvgIpc) is 2.95. The molecule has 2 heteroatoms. The summed E-state index contributed by atoms with van der Waals surface area (Å²) in [5, 5.41) is 8.96. The van der Waals surface area contributed by atoms with Crippen molar-refractivity contribution in [3.63, 3.8) is 0 Å². The van der Waals surface area contributed by atoms with E-state index in [-0.39, 0.29) is 0 Å². The van der Waals surface area contributed by atoms with Crippen LogP contribution in [0.25, 0.3) is 0 Å². The van der Waals surface area contributed by atoms with Gasteiger partial charge in [-0.3, -0.25) is 0 Å². The van der Waals surface area contributed by atoms with Gasteiger partial charge in [0.25, 0.3) is 0 Å². The molecular weight excluding hydrogens is 164 g/mol. The number of rotatable bonds is 8. The Kier molecular flexibility index (Phi) is 5.40. The highest BCUT2D eigenvalue weighted by Crippen LogP contribution is 2.19. The average molecular weight is 186 g/mol. The zero-order valence-corrected chi connectivity index (χ0v) is 8.67. The minimum absolute atomic E-state index is 0.363. The Morgan fingerprint density at radius 2 is 2.15 bits per heavy atom. The largest absolute Gasteiger partial charge is 0.396 e. The third-order valence-electron chi connectivity index (χ3n) is 2.88. The molecule has 1 fully saturated rings. The van der Waals surface area contributed by atoms with Gasteiger partial charge in [0.05, 0.1) is 12.7 Å². The molecule has 1 aliphatic heterocycles. The van der Waals surface area contributed by atoms with Crippen LogP contribution in [-0.4, -0.2) is 24.4 Å². The van der Waals surface area contributed by atoms with Crippen LogP contribution >= 0.6 is 0 Å². The van der Waals surface area contributed by atoms with Gasteiger partial charge in [0, 0.05) is 6.61 Å². The van der Waals surface area contributed by atoms with E-state index in [9.17, 15) is 0 Å². The Morgan fingerprint density at radius 1 is 1.38 bits per heavy atom. The zero-order chi connectivity index (χ0) is 9.52. The summed E-state index contributed by atoms with van der Waals surface area (Å²) in [6.07, 6.45) is 8.02. The monoisotopic (exact) mass is 186 g/mol. The van der Waals surface area contributed by atoms with Gasteiger partial charge in [-0.2, -0.15) is 0 Å². The predicted octanol–water partition coefficient (Wildman–Crippen LogP) is 2.35. The number of hydrogen-bond acceptors (Lipinski definition) is 2. The van der Waals surface area contributed by atoms with Crippen LogP contribution in [0.4, 0.5) is 0 Å². The van der Waals surface area contributed by atoms with Crippen LogP contribution in [0.1, 0.15) is 45.4 Å². The van der Waals surface area contributed by atoms with Crippen LogP contribution < -0.4 is 0 Å². The summed E-state index contributed by atoms with van der Waals surface area (Å²) >= 11 is 0. The van der Waals surface area contributed by atoms with E-state index in [1.165, 1.54) is 32.1 Å². The molecular formula is C11H22O2. The summed E-state index contributed by atoms with van der Waals surface area (Å²) in [5.41, 5.74) is 0. The number of aliphatic hydroxyl groups is 1. The third-order valence-corrected chi connectivity index (χ3v) is 2.88. The summed E-state index contributed by atoms with van der Waals surface area (Å²) in [7, 11) is 0. The fourth-order valence-corrected chi connectivity index (χ4v) is 1.64. The third kappa shape index (κ3) is 5.27. The van der Waals surface area contributed by atoms with Gasteiger partial charge < -0.3 is 9.84 Å². The first-order valence-corrected chi connectivity index (χ1v) is 5.59. The van der Waals surface area contributed by atoms with Gasteiger partial charge in [0.2, 0.25) is 0 Å². The number of hydrogen-bond donors (Lipinski definition) is 1. The van der Waals surface area contributed by atoms with E-state index in [4.69, 9.17) is 9.84 Å². The maximum atomic E-state index is 8.96. The molecule has 2 unspecified atom stereocenters. The summed E-state index contributed by atoms with van der Waals surface area (Å²) in [6.45, 7) is 3.51. The summed E-state index contributed by atoms with van der Waals surface area (Å²) < 4.78 is 5.14. The van der Waals surface area contributed by atoms with Gasteiger partial charge >= 0.3 is 0 Å². The molecule has 1 heterocycles. The Labute approximate surface area is 81.3 Å². The minimum Gasteiger partial charge on any atom is -0.396 e. The zero-order valence-electron chi connectivity index (χ0n) is 8.67. The van der Waals surface area contributed by atoms with Gasteiger partial charge in [0.15, 0.2) is 0 Å². The first kappa shape index (κ1) is 11.0. The molecule has 0 spiro atoms. The van der Waals surface area contributed by atoms with E-state index in [0.717, 1.165) is 13.0 Å². The molecule has 2 nitrogen and oxygen atoms in total. The molecule has 1 N–H and O–H groups in total. The van der Waals surface area contributed by atoms with Crippen LogP contribution in [0.3, 0.4) is 0 Å². The van der Waals surface area contributed by atoms with E-state index in [2.05, 4.69) is 6.92 Å². The van der Waals surface area contributed by atoms with Crippen molar-refractivity contribution < 1.29 is 9.84 Å². The Morgan fingerprint density at radius 3 is 2.69 bits per heavy atom. The van der Waals surface area contributed by atoms with Crippen molar-refractivity contribution in [2.24, 2.45) is 5.92 Å². The maximum absolute atomic E-state index is 8.96. The molecule has 78 valence electrons. The quantitative estimate of drug-likeness (QED) is 0.466. The molecule has 0 aromatic rings. The van der Waals surface area contributed by atoms with E-state index in [1.807, 2.05) is 0 Å². The number of epoxide rings is 1. The van der Waals surface area contributed by atoms with Crippen LogP contribution in [-0.2, 0) is 4.74 Å². The van der Waals surface area contributed by atoms with Crippen molar-refractivity contribution >= 4 is 0 Å². The molecule has 0 bridgehead atoms. The predicted molar refractivity (Wildman–Crippen MR) is 53.7 cm³/mol. The number of ether oxygens (including phenoxy) is 1. The molecule has 1 rings (SSSR count). The van der Waals surface area contributed by atoms with Gasteiger partial charge in [-0.25, -0.2) is 0 Å². The van der Waals surface area contributed by atoms with Crippen molar-refractivity contribution in [3.05, 3.63) is 0 Å². The summed E-state index contributed by atoms with van der Waals surface area (Å²) in [5.74, 6) is 0.539. The lowest BCUT2D eigenvalue weighted by Gasteiger charge is -2.10. The van der Waals surface area contributed by atoms with Crippen LogP contribution in [0.5, 0.6) is 0 Å².